The zero-order valence-electron chi connectivity index (χ0n) is 19.7. The van der Waals surface area contributed by atoms with Crippen molar-refractivity contribution in [2.24, 2.45) is 11.8 Å². The number of benzene rings is 3. The molecule has 4 heteroatoms. The fourth-order valence-corrected chi connectivity index (χ4v) is 6.56. The summed E-state index contributed by atoms with van der Waals surface area (Å²) in [5.74, 6) is 2.44. The molecule has 1 fully saturated rings. The number of hydrogen-bond donors (Lipinski definition) is 0. The summed E-state index contributed by atoms with van der Waals surface area (Å²) in [4.78, 5) is 2.67. The van der Waals surface area contributed by atoms with Crippen molar-refractivity contribution in [1.29, 1.82) is 0 Å². The van der Waals surface area contributed by atoms with E-state index in [1.807, 2.05) is 6.07 Å². The van der Waals surface area contributed by atoms with Gasteiger partial charge < -0.3 is 9.30 Å². The van der Waals surface area contributed by atoms with Crippen molar-refractivity contribution in [3.8, 4) is 5.75 Å². The highest BCUT2D eigenvalue weighted by atomic mass is 79.9. The molecule has 1 saturated heterocycles. The van der Waals surface area contributed by atoms with Crippen molar-refractivity contribution in [3.63, 3.8) is 0 Å². The third kappa shape index (κ3) is 4.18. The third-order valence-corrected chi connectivity index (χ3v) is 8.36. The molecule has 0 spiro atoms. The number of ether oxygens (including phenoxy) is 1. The fourth-order valence-electron chi connectivity index (χ4n) is 6.20. The second-order valence-electron chi connectivity index (χ2n) is 9.96. The van der Waals surface area contributed by atoms with Gasteiger partial charge in [-0.3, -0.25) is 4.90 Å². The molecular formula is C30H31BrN2O. The summed E-state index contributed by atoms with van der Waals surface area (Å²) in [5, 5.41) is 1.42. The summed E-state index contributed by atoms with van der Waals surface area (Å²) in [6.45, 7) is 4.37. The van der Waals surface area contributed by atoms with Crippen LogP contribution in [0.15, 0.2) is 77.3 Å². The van der Waals surface area contributed by atoms with Crippen molar-refractivity contribution in [2.75, 3.05) is 20.2 Å². The number of rotatable bonds is 5. The second kappa shape index (κ2) is 9.24. The lowest BCUT2D eigenvalue weighted by atomic mass is 9.74. The highest BCUT2D eigenvalue weighted by Gasteiger charge is 2.36. The van der Waals surface area contributed by atoms with E-state index < -0.39 is 0 Å². The van der Waals surface area contributed by atoms with Crippen LogP contribution in [0.5, 0.6) is 5.75 Å². The van der Waals surface area contributed by atoms with Crippen molar-refractivity contribution >= 4 is 26.8 Å². The van der Waals surface area contributed by atoms with E-state index in [0.717, 1.165) is 35.1 Å². The maximum Gasteiger partial charge on any atom is 0.119 e. The van der Waals surface area contributed by atoms with Gasteiger partial charge in [-0.05, 0) is 84.7 Å². The van der Waals surface area contributed by atoms with E-state index in [9.17, 15) is 0 Å². The van der Waals surface area contributed by atoms with E-state index in [1.165, 1.54) is 54.4 Å². The number of fused-ring (bicyclic) bond motifs is 4. The molecule has 0 saturated carbocycles. The van der Waals surface area contributed by atoms with Gasteiger partial charge in [-0.15, -0.1) is 0 Å². The maximum atomic E-state index is 5.49. The monoisotopic (exact) mass is 514 g/mol. The van der Waals surface area contributed by atoms with Gasteiger partial charge in [-0.1, -0.05) is 58.4 Å². The molecule has 0 amide bonds. The van der Waals surface area contributed by atoms with E-state index in [0.29, 0.717) is 0 Å². The molecule has 1 aliphatic heterocycles. The molecular weight excluding hydrogens is 484 g/mol. The highest BCUT2D eigenvalue weighted by molar-refractivity contribution is 9.10. The lowest BCUT2D eigenvalue weighted by Gasteiger charge is -2.41. The Labute approximate surface area is 210 Å². The van der Waals surface area contributed by atoms with E-state index in [4.69, 9.17) is 4.74 Å². The van der Waals surface area contributed by atoms with E-state index in [1.54, 1.807) is 18.4 Å². The van der Waals surface area contributed by atoms with Crippen molar-refractivity contribution < 1.29 is 4.74 Å². The van der Waals surface area contributed by atoms with E-state index in [2.05, 4.69) is 92.1 Å². The molecule has 1 aliphatic carbocycles. The molecule has 34 heavy (non-hydrogen) atoms. The topological polar surface area (TPSA) is 17.4 Å². The lowest BCUT2D eigenvalue weighted by Crippen LogP contribution is -2.43. The quantitative estimate of drug-likeness (QED) is 0.294. The third-order valence-electron chi connectivity index (χ3n) is 7.87. The first kappa shape index (κ1) is 21.9. The molecule has 4 aromatic rings. The van der Waals surface area contributed by atoms with Crippen LogP contribution >= 0.6 is 15.9 Å². The number of methoxy groups -OCH3 is 1. The van der Waals surface area contributed by atoms with Gasteiger partial charge in [0.2, 0.25) is 0 Å². The zero-order chi connectivity index (χ0) is 23.1. The Balaban J connectivity index is 1.32. The Morgan fingerprint density at radius 3 is 2.59 bits per heavy atom. The number of halogens is 1. The fraction of sp³-hybridized carbons (Fsp3) is 0.333. The minimum absolute atomic E-state index is 0.736. The molecule has 174 valence electrons. The van der Waals surface area contributed by atoms with Crippen molar-refractivity contribution in [1.82, 2.24) is 9.47 Å². The average Bonchev–Trinajstić information content (AvgIpc) is 3.15. The van der Waals surface area contributed by atoms with E-state index in [-0.39, 0.29) is 0 Å². The largest absolute Gasteiger partial charge is 0.497 e. The van der Waals surface area contributed by atoms with Crippen LogP contribution in [0.2, 0.25) is 0 Å². The standard InChI is InChI=1S/C30H31BrN2O/c1-34-26-9-5-8-22(14-26)19-33-29-11-10-25(31)17-28(29)27-15-24-20-32(13-12-23(24)16-30(27)33)18-21-6-3-2-4-7-21/h2-11,14,17,23-24H,12-13,15-16,18-20H2,1H3. The zero-order valence-corrected chi connectivity index (χ0v) is 21.3. The molecule has 2 unspecified atom stereocenters. The first-order valence-electron chi connectivity index (χ1n) is 12.4. The first-order valence-corrected chi connectivity index (χ1v) is 13.2. The van der Waals surface area contributed by atoms with Gasteiger partial charge >= 0.3 is 0 Å². The molecule has 1 aromatic heterocycles. The van der Waals surface area contributed by atoms with Crippen LogP contribution in [-0.2, 0) is 25.9 Å². The molecule has 3 nitrogen and oxygen atoms in total. The molecule has 0 radical (unpaired) electrons. The van der Waals surface area contributed by atoms with Crippen molar-refractivity contribution in [3.05, 3.63) is 99.7 Å². The molecule has 0 bridgehead atoms. The Kier molecular flexibility index (Phi) is 5.96. The van der Waals surface area contributed by atoms with Crippen molar-refractivity contribution in [2.45, 2.75) is 32.4 Å². The summed E-state index contributed by atoms with van der Waals surface area (Å²) in [7, 11) is 1.74. The first-order chi connectivity index (χ1) is 16.7. The molecule has 2 atom stereocenters. The Morgan fingerprint density at radius 2 is 1.74 bits per heavy atom. The van der Waals surface area contributed by atoms with Crippen LogP contribution in [0.4, 0.5) is 0 Å². The summed E-state index contributed by atoms with van der Waals surface area (Å²) in [5.41, 5.74) is 7.20. The van der Waals surface area contributed by atoms with Gasteiger partial charge in [-0.25, -0.2) is 0 Å². The van der Waals surface area contributed by atoms with Crippen LogP contribution in [0.3, 0.4) is 0 Å². The Morgan fingerprint density at radius 1 is 0.882 bits per heavy atom. The lowest BCUT2D eigenvalue weighted by molar-refractivity contribution is 0.105. The number of aromatic nitrogens is 1. The second-order valence-corrected chi connectivity index (χ2v) is 10.9. The minimum atomic E-state index is 0.736. The van der Waals surface area contributed by atoms with Gasteiger partial charge in [0, 0.05) is 40.7 Å². The van der Waals surface area contributed by atoms with Gasteiger partial charge in [0.05, 0.1) is 7.11 Å². The highest BCUT2D eigenvalue weighted by Crippen LogP contribution is 2.41. The van der Waals surface area contributed by atoms with Crippen LogP contribution in [0.25, 0.3) is 10.9 Å². The van der Waals surface area contributed by atoms with Crippen LogP contribution in [0, 0.1) is 11.8 Å². The molecule has 3 aromatic carbocycles. The number of piperidine rings is 1. The summed E-state index contributed by atoms with van der Waals surface area (Å²) in [6, 6.07) is 26.3. The van der Waals surface area contributed by atoms with Gasteiger partial charge in [0.25, 0.3) is 0 Å². The Bertz CT molecular complexity index is 1310. The molecule has 2 heterocycles. The predicted octanol–water partition coefficient (Wildman–Crippen LogP) is 6.70. The van der Waals surface area contributed by atoms with E-state index >= 15 is 0 Å². The Hall–Kier alpha value is -2.56. The van der Waals surface area contributed by atoms with Crippen LogP contribution < -0.4 is 4.74 Å². The average molecular weight is 515 g/mol. The molecule has 0 N–H and O–H groups in total. The molecule has 2 aliphatic rings. The van der Waals surface area contributed by atoms with Gasteiger partial charge in [0.1, 0.15) is 5.75 Å². The van der Waals surface area contributed by atoms with Gasteiger partial charge in [0.15, 0.2) is 0 Å². The normalized spacial score (nSPS) is 20.2. The summed E-state index contributed by atoms with van der Waals surface area (Å²) >= 11 is 3.74. The summed E-state index contributed by atoms with van der Waals surface area (Å²) in [6.07, 6.45) is 3.67. The number of hydrogen-bond acceptors (Lipinski definition) is 2. The number of likely N-dealkylation sites (tertiary alicyclic amines) is 1. The minimum Gasteiger partial charge on any atom is -0.497 e. The van der Waals surface area contributed by atoms with Crippen LogP contribution in [-0.4, -0.2) is 29.7 Å². The predicted molar refractivity (Wildman–Crippen MR) is 142 cm³/mol. The smallest absolute Gasteiger partial charge is 0.119 e. The van der Waals surface area contributed by atoms with Crippen LogP contribution in [0.1, 0.15) is 28.8 Å². The summed E-state index contributed by atoms with van der Waals surface area (Å²) < 4.78 is 9.24. The number of nitrogens with zero attached hydrogens (tertiary/aromatic N) is 2. The SMILES string of the molecule is COc1cccc(Cn2c3c(c4cc(Br)ccc42)CC2CN(Cc4ccccc4)CCC2C3)c1. The maximum absolute atomic E-state index is 5.49. The molecule has 6 rings (SSSR count). The van der Waals surface area contributed by atoms with Gasteiger partial charge in [-0.2, -0.15) is 0 Å².